The van der Waals surface area contributed by atoms with Gasteiger partial charge in [0, 0.05) is 44.7 Å². The van der Waals surface area contributed by atoms with Crippen LogP contribution in [0.1, 0.15) is 56.3 Å². The lowest BCUT2D eigenvalue weighted by Crippen LogP contribution is -2.60. The Hall–Kier alpha value is -3.79. The van der Waals surface area contributed by atoms with Gasteiger partial charge in [-0.3, -0.25) is 23.4 Å². The van der Waals surface area contributed by atoms with E-state index in [4.69, 9.17) is 9.29 Å². The monoisotopic (exact) mass is 656 g/mol. The maximum absolute atomic E-state index is 12.8. The topological polar surface area (TPSA) is 171 Å². The van der Waals surface area contributed by atoms with Gasteiger partial charge in [-0.25, -0.2) is 14.6 Å². The Kier molecular flexibility index (Phi) is 8.02. The van der Waals surface area contributed by atoms with Crippen LogP contribution in [0.3, 0.4) is 0 Å². The van der Waals surface area contributed by atoms with Gasteiger partial charge in [0.05, 0.1) is 30.7 Å². The largest absolute Gasteiger partial charge is 0.465 e. The van der Waals surface area contributed by atoms with Crippen molar-refractivity contribution in [2.75, 3.05) is 26.0 Å². The predicted molar refractivity (Wildman–Crippen MR) is 170 cm³/mol. The van der Waals surface area contributed by atoms with Gasteiger partial charge in [-0.2, -0.15) is 8.42 Å². The van der Waals surface area contributed by atoms with Gasteiger partial charge in [-0.1, -0.05) is 25.1 Å². The van der Waals surface area contributed by atoms with Crippen molar-refractivity contribution in [1.29, 1.82) is 0 Å². The highest BCUT2D eigenvalue weighted by Crippen LogP contribution is 2.60. The van der Waals surface area contributed by atoms with Crippen molar-refractivity contribution in [1.82, 2.24) is 28.2 Å². The molecule has 0 bridgehead atoms. The quantitative estimate of drug-likeness (QED) is 0.230. The third-order valence-corrected chi connectivity index (χ3v) is 11.0. The van der Waals surface area contributed by atoms with E-state index in [1.165, 1.54) is 47.6 Å². The molecule has 248 valence electrons. The summed E-state index contributed by atoms with van der Waals surface area (Å²) in [5.74, 6) is -0.950. The fourth-order valence-corrected chi connectivity index (χ4v) is 8.58. The summed E-state index contributed by atoms with van der Waals surface area (Å²) in [7, 11) is 0.196. The molecule has 6 heterocycles. The Morgan fingerprint density at radius 3 is 2.59 bits per heavy atom. The van der Waals surface area contributed by atoms with Crippen LogP contribution in [-0.2, 0) is 52.4 Å². The van der Waals surface area contributed by atoms with E-state index < -0.39 is 38.8 Å². The van der Waals surface area contributed by atoms with Gasteiger partial charge in [-0.05, 0) is 55.7 Å². The smallest absolute Gasteiger partial charge is 0.359 e. The molecule has 46 heavy (non-hydrogen) atoms. The normalized spacial score (nSPS) is 24.0. The molecule has 1 saturated heterocycles. The van der Waals surface area contributed by atoms with Crippen LogP contribution in [-0.4, -0.2) is 78.2 Å². The summed E-state index contributed by atoms with van der Waals surface area (Å²) in [5.41, 5.74) is 1.19. The first-order valence-electron chi connectivity index (χ1n) is 15.5. The van der Waals surface area contributed by atoms with E-state index in [0.29, 0.717) is 6.42 Å². The first-order chi connectivity index (χ1) is 21.8. The summed E-state index contributed by atoms with van der Waals surface area (Å²) in [4.78, 5) is 43.2. The molecule has 3 atom stereocenters. The molecular formula is C31H40N6O8S. The van der Waals surface area contributed by atoms with E-state index in [1.54, 1.807) is 0 Å². The van der Waals surface area contributed by atoms with Crippen LogP contribution in [0.15, 0.2) is 40.2 Å². The molecule has 4 aromatic rings. The van der Waals surface area contributed by atoms with Crippen molar-refractivity contribution in [3.63, 3.8) is 0 Å². The number of nitrogens with zero attached hydrogens (tertiary/aromatic N) is 6. The van der Waals surface area contributed by atoms with E-state index >= 15 is 0 Å². The van der Waals surface area contributed by atoms with Crippen molar-refractivity contribution in [3.05, 3.63) is 62.7 Å². The number of para-hydroxylation sites is 1. The molecule has 7 rings (SSSR count). The number of aryl methyl sites for hydroxylation is 2. The fourth-order valence-electron chi connectivity index (χ4n) is 8.08. The third kappa shape index (κ3) is 4.91. The number of aliphatic hydroxyl groups is 1. The van der Waals surface area contributed by atoms with Crippen LogP contribution in [0, 0.1) is 5.41 Å². The summed E-state index contributed by atoms with van der Waals surface area (Å²) in [6.45, 7) is 4.56. The molecule has 0 saturated carbocycles. The number of aromatic nitrogens is 5. The maximum Gasteiger partial charge on any atom is 0.359 e. The van der Waals surface area contributed by atoms with Crippen LogP contribution in [0.5, 0.6) is 0 Å². The Morgan fingerprint density at radius 1 is 1.15 bits per heavy atom. The zero-order valence-corrected chi connectivity index (χ0v) is 27.3. The van der Waals surface area contributed by atoms with Crippen LogP contribution < -0.4 is 11.2 Å². The molecule has 0 amide bonds. The molecule has 2 N–H and O–H groups in total. The molecule has 1 aromatic carbocycles. The first-order valence-corrected chi connectivity index (χ1v) is 17.1. The van der Waals surface area contributed by atoms with Gasteiger partial charge in [-0.15, -0.1) is 0 Å². The predicted octanol–water partition coefficient (Wildman–Crippen LogP) is 1.66. The lowest BCUT2D eigenvalue weighted by molar-refractivity contribution is -0.194. The molecule has 0 aliphatic carbocycles. The number of fused-ring (bicyclic) bond motifs is 4. The van der Waals surface area contributed by atoms with Crippen molar-refractivity contribution >= 4 is 38.2 Å². The number of esters is 1. The van der Waals surface area contributed by atoms with Crippen molar-refractivity contribution in [2.45, 2.75) is 63.8 Å². The average Bonchev–Trinajstić information content (AvgIpc) is 3.62. The SMILES string of the molecule is CCC12CCCN3CCc4c(n(c5ccccc45)C(O)(C(=O)OC)C1)C32.Cn1c(=O)c2c(ncn2CCCS(=O)(=O)O)n(C)c1=O. The number of hydrogen-bond acceptors (Lipinski definition) is 9. The van der Waals surface area contributed by atoms with E-state index in [0.717, 1.165) is 54.6 Å². The summed E-state index contributed by atoms with van der Waals surface area (Å²) < 4.78 is 40.7. The number of benzene rings is 1. The fraction of sp³-hybridized carbons (Fsp3) is 0.548. The second-order valence-electron chi connectivity index (χ2n) is 12.7. The van der Waals surface area contributed by atoms with Crippen LogP contribution in [0.25, 0.3) is 22.1 Å². The standard InChI is InChI=1S/C21H26N2O3.C10H14N4O5S/c1-3-20-10-6-11-22-12-9-15-14-7-4-5-8-16(14)23(17(15)18(20)22)21(25,13-20)19(24)26-2;1-12-8-7(9(15)13(2)10(12)16)14(6-11-8)4-3-5-20(17,18)19/h4-5,7-8,18,25H,3,6,9-13H2,1-2H3;6H,3-5H2,1-2H3,(H,17,18,19). The molecule has 3 unspecified atom stereocenters. The minimum atomic E-state index is -4.04. The van der Waals surface area contributed by atoms with Crippen LogP contribution >= 0.6 is 0 Å². The third-order valence-electron chi connectivity index (χ3n) is 10.2. The number of carbonyl (C=O) groups excluding carboxylic acids is 1. The Labute approximate surface area is 265 Å². The maximum atomic E-state index is 12.8. The van der Waals surface area contributed by atoms with E-state index in [-0.39, 0.29) is 35.6 Å². The summed E-state index contributed by atoms with van der Waals surface area (Å²) >= 11 is 0. The summed E-state index contributed by atoms with van der Waals surface area (Å²) in [6.07, 6.45) is 6.02. The highest BCUT2D eigenvalue weighted by molar-refractivity contribution is 7.85. The molecule has 3 aromatic heterocycles. The number of imidazole rings is 1. The molecule has 3 aliphatic heterocycles. The van der Waals surface area contributed by atoms with Crippen LogP contribution in [0.4, 0.5) is 0 Å². The van der Waals surface area contributed by atoms with Gasteiger partial charge >= 0.3 is 11.7 Å². The molecule has 14 nitrogen and oxygen atoms in total. The van der Waals surface area contributed by atoms with Crippen molar-refractivity contribution < 1.29 is 27.6 Å². The van der Waals surface area contributed by atoms with Crippen molar-refractivity contribution in [2.24, 2.45) is 19.5 Å². The van der Waals surface area contributed by atoms with Gasteiger partial charge in [0.25, 0.3) is 15.7 Å². The Bertz CT molecular complexity index is 2080. The number of rotatable bonds is 6. The highest BCUT2D eigenvalue weighted by atomic mass is 32.2. The zero-order chi connectivity index (χ0) is 33.2. The zero-order valence-electron chi connectivity index (χ0n) is 26.5. The van der Waals surface area contributed by atoms with E-state index in [1.807, 2.05) is 22.8 Å². The second-order valence-corrected chi connectivity index (χ2v) is 14.2. The number of piperidine rings is 1. The molecule has 3 aliphatic rings. The molecular weight excluding hydrogens is 616 g/mol. The van der Waals surface area contributed by atoms with Gasteiger partial charge in [0.2, 0.25) is 5.72 Å². The number of ether oxygens (including phenoxy) is 1. The van der Waals surface area contributed by atoms with Gasteiger partial charge in [0.15, 0.2) is 11.2 Å². The van der Waals surface area contributed by atoms with Gasteiger partial charge < -0.3 is 19.0 Å². The molecule has 15 heteroatoms. The van der Waals surface area contributed by atoms with Crippen molar-refractivity contribution in [3.8, 4) is 0 Å². The number of methoxy groups -OCH3 is 1. The molecule has 0 radical (unpaired) electrons. The molecule has 1 fully saturated rings. The molecule has 0 spiro atoms. The average molecular weight is 657 g/mol. The summed E-state index contributed by atoms with van der Waals surface area (Å²) in [5, 5.41) is 12.9. The van der Waals surface area contributed by atoms with Crippen LogP contribution in [0.2, 0.25) is 0 Å². The highest BCUT2D eigenvalue weighted by Gasteiger charge is 2.60. The number of hydrogen-bond donors (Lipinski definition) is 2. The lowest BCUT2D eigenvalue weighted by Gasteiger charge is -2.57. The minimum Gasteiger partial charge on any atom is -0.465 e. The van der Waals surface area contributed by atoms with E-state index in [9.17, 15) is 27.9 Å². The van der Waals surface area contributed by atoms with Gasteiger partial charge in [0.1, 0.15) is 0 Å². The lowest BCUT2D eigenvalue weighted by atomic mass is 9.62. The summed E-state index contributed by atoms with van der Waals surface area (Å²) in [6, 6.07) is 8.45. The second kappa shape index (κ2) is 11.5. The Morgan fingerprint density at radius 2 is 1.89 bits per heavy atom. The minimum absolute atomic E-state index is 0.0826. The van der Waals surface area contributed by atoms with E-state index in [2.05, 4.69) is 22.9 Å². The number of carbonyl (C=O) groups is 1. The Balaban J connectivity index is 0.000000168. The first kappa shape index (κ1) is 32.2.